The first-order chi connectivity index (χ1) is 16.2. The van der Waals surface area contributed by atoms with E-state index in [2.05, 4.69) is 14.9 Å². The SMILES string of the molecule is O=C(OCC[C@@H](Cc1ncccn1)CN1CCCC1)C(O)(c1ccccc1)c1ccccc1. The van der Waals surface area contributed by atoms with Crippen LogP contribution in [0, 0.1) is 5.92 Å². The van der Waals surface area contributed by atoms with E-state index in [1.807, 2.05) is 42.5 Å². The Hall–Kier alpha value is -3.09. The third kappa shape index (κ3) is 5.83. The standard InChI is InChI=1S/C27H31N3O3/c31-26(27(32,23-10-3-1-4-11-23)24-12-5-2-6-13-24)33-19-14-22(21-30-17-7-8-18-30)20-25-28-15-9-16-29-25/h1-6,9-13,15-16,22,32H,7-8,14,17-21H2/t22-/m0/s1. The number of likely N-dealkylation sites (tertiary alicyclic amines) is 1. The minimum atomic E-state index is -1.85. The molecule has 4 rings (SSSR count). The van der Waals surface area contributed by atoms with Gasteiger partial charge in [0.05, 0.1) is 6.61 Å². The Morgan fingerprint density at radius 2 is 1.52 bits per heavy atom. The Labute approximate surface area is 195 Å². The fourth-order valence-corrected chi connectivity index (χ4v) is 4.47. The molecule has 2 aromatic carbocycles. The molecule has 33 heavy (non-hydrogen) atoms. The first-order valence-electron chi connectivity index (χ1n) is 11.6. The molecule has 6 nitrogen and oxygen atoms in total. The lowest BCUT2D eigenvalue weighted by atomic mass is 9.86. The number of rotatable bonds is 10. The molecule has 172 valence electrons. The molecule has 6 heteroatoms. The summed E-state index contributed by atoms with van der Waals surface area (Å²) in [6.45, 7) is 3.37. The van der Waals surface area contributed by atoms with Gasteiger partial charge in [0.1, 0.15) is 5.82 Å². The normalized spacial score (nSPS) is 15.3. The van der Waals surface area contributed by atoms with Crippen LogP contribution in [0.25, 0.3) is 0 Å². The summed E-state index contributed by atoms with van der Waals surface area (Å²) in [7, 11) is 0. The van der Waals surface area contributed by atoms with E-state index < -0.39 is 11.6 Å². The van der Waals surface area contributed by atoms with Crippen LogP contribution in [-0.4, -0.2) is 52.2 Å². The van der Waals surface area contributed by atoms with E-state index in [4.69, 9.17) is 4.74 Å². The van der Waals surface area contributed by atoms with E-state index in [0.717, 1.165) is 31.9 Å². The summed E-state index contributed by atoms with van der Waals surface area (Å²) in [5, 5.41) is 11.5. The second-order valence-electron chi connectivity index (χ2n) is 8.61. The van der Waals surface area contributed by atoms with Gasteiger partial charge in [-0.3, -0.25) is 0 Å². The fourth-order valence-electron chi connectivity index (χ4n) is 4.47. The van der Waals surface area contributed by atoms with E-state index in [9.17, 15) is 9.90 Å². The lowest BCUT2D eigenvalue weighted by molar-refractivity contribution is -0.162. The average molecular weight is 446 g/mol. The Kier molecular flexibility index (Phi) is 7.81. The van der Waals surface area contributed by atoms with Crippen molar-refractivity contribution in [3.05, 3.63) is 96.1 Å². The second-order valence-corrected chi connectivity index (χ2v) is 8.61. The molecule has 1 aliphatic rings. The van der Waals surface area contributed by atoms with Gasteiger partial charge in [-0.2, -0.15) is 0 Å². The van der Waals surface area contributed by atoms with Crippen LogP contribution in [0.5, 0.6) is 0 Å². The van der Waals surface area contributed by atoms with Crippen molar-refractivity contribution in [2.24, 2.45) is 5.92 Å². The van der Waals surface area contributed by atoms with Crippen LogP contribution in [0.1, 0.15) is 36.2 Å². The summed E-state index contributed by atoms with van der Waals surface area (Å²) in [6.07, 6.45) is 7.39. The van der Waals surface area contributed by atoms with Crippen molar-refractivity contribution in [2.75, 3.05) is 26.2 Å². The fraction of sp³-hybridized carbons (Fsp3) is 0.370. The van der Waals surface area contributed by atoms with Gasteiger partial charge in [-0.1, -0.05) is 60.7 Å². The molecular formula is C27H31N3O3. The molecular weight excluding hydrogens is 414 g/mol. The maximum absolute atomic E-state index is 13.2. The Morgan fingerprint density at radius 1 is 0.939 bits per heavy atom. The molecule has 1 N–H and O–H groups in total. The number of esters is 1. The minimum absolute atomic E-state index is 0.228. The van der Waals surface area contributed by atoms with E-state index in [1.165, 1.54) is 12.8 Å². The van der Waals surface area contributed by atoms with Gasteiger partial charge < -0.3 is 14.7 Å². The summed E-state index contributed by atoms with van der Waals surface area (Å²) in [5.74, 6) is 0.411. The third-order valence-electron chi connectivity index (χ3n) is 6.24. The number of aromatic nitrogens is 2. The Balaban J connectivity index is 1.45. The van der Waals surface area contributed by atoms with Crippen molar-refractivity contribution in [1.82, 2.24) is 14.9 Å². The largest absolute Gasteiger partial charge is 0.463 e. The molecule has 0 amide bonds. The zero-order valence-electron chi connectivity index (χ0n) is 18.8. The van der Waals surface area contributed by atoms with Crippen LogP contribution < -0.4 is 0 Å². The van der Waals surface area contributed by atoms with Crippen LogP contribution in [0.2, 0.25) is 0 Å². The second kappa shape index (κ2) is 11.2. The van der Waals surface area contributed by atoms with Gasteiger partial charge in [0.25, 0.3) is 0 Å². The van der Waals surface area contributed by atoms with Gasteiger partial charge in [0.2, 0.25) is 5.60 Å². The molecule has 1 aromatic heterocycles. The first kappa shape index (κ1) is 23.1. The molecule has 3 aromatic rings. The lowest BCUT2D eigenvalue weighted by Crippen LogP contribution is -2.39. The van der Waals surface area contributed by atoms with Crippen molar-refractivity contribution in [1.29, 1.82) is 0 Å². The van der Waals surface area contributed by atoms with Gasteiger partial charge >= 0.3 is 5.97 Å². The molecule has 0 saturated carbocycles. The smallest absolute Gasteiger partial charge is 0.347 e. The van der Waals surface area contributed by atoms with Crippen molar-refractivity contribution in [3.8, 4) is 0 Å². The molecule has 0 bridgehead atoms. The Bertz CT molecular complexity index is 953. The Morgan fingerprint density at radius 3 is 2.09 bits per heavy atom. The number of benzene rings is 2. The van der Waals surface area contributed by atoms with Crippen molar-refractivity contribution in [2.45, 2.75) is 31.3 Å². The van der Waals surface area contributed by atoms with Crippen LogP contribution in [0.15, 0.2) is 79.1 Å². The predicted molar refractivity (Wildman–Crippen MR) is 126 cm³/mol. The van der Waals surface area contributed by atoms with Gasteiger partial charge in [-0.25, -0.2) is 14.8 Å². The summed E-state index contributed by atoms with van der Waals surface area (Å²) in [4.78, 5) is 24.5. The molecule has 0 unspecified atom stereocenters. The molecule has 2 heterocycles. The monoisotopic (exact) mass is 445 g/mol. The van der Waals surface area contributed by atoms with Crippen LogP contribution in [0.3, 0.4) is 0 Å². The predicted octanol–water partition coefficient (Wildman–Crippen LogP) is 3.60. The topological polar surface area (TPSA) is 75.5 Å². The van der Waals surface area contributed by atoms with Crippen LogP contribution >= 0.6 is 0 Å². The highest BCUT2D eigenvalue weighted by Crippen LogP contribution is 2.31. The van der Waals surface area contributed by atoms with Crippen molar-refractivity contribution in [3.63, 3.8) is 0 Å². The van der Waals surface area contributed by atoms with Gasteiger partial charge in [-0.15, -0.1) is 0 Å². The maximum Gasteiger partial charge on any atom is 0.347 e. The summed E-state index contributed by atoms with van der Waals surface area (Å²) < 4.78 is 5.70. The van der Waals surface area contributed by atoms with Crippen LogP contribution in [0.4, 0.5) is 0 Å². The van der Waals surface area contributed by atoms with E-state index in [-0.39, 0.29) is 12.5 Å². The molecule has 1 fully saturated rings. The molecule has 1 saturated heterocycles. The molecule has 1 atom stereocenters. The number of nitrogens with zero attached hydrogens (tertiary/aromatic N) is 3. The number of aliphatic hydroxyl groups is 1. The quantitative estimate of drug-likeness (QED) is 0.481. The zero-order chi connectivity index (χ0) is 22.9. The number of ether oxygens (including phenoxy) is 1. The molecule has 1 aliphatic heterocycles. The zero-order valence-corrected chi connectivity index (χ0v) is 18.8. The lowest BCUT2D eigenvalue weighted by Gasteiger charge is -2.28. The van der Waals surface area contributed by atoms with Gasteiger partial charge in [-0.05, 0) is 55.5 Å². The first-order valence-corrected chi connectivity index (χ1v) is 11.6. The minimum Gasteiger partial charge on any atom is -0.463 e. The number of hydrogen-bond donors (Lipinski definition) is 1. The number of carbonyl (C=O) groups excluding carboxylic acids is 1. The summed E-state index contributed by atoms with van der Waals surface area (Å²) >= 11 is 0. The highest BCUT2D eigenvalue weighted by Gasteiger charge is 2.41. The highest BCUT2D eigenvalue weighted by atomic mass is 16.5. The molecule has 0 aliphatic carbocycles. The average Bonchev–Trinajstić information content (AvgIpc) is 3.38. The summed E-state index contributed by atoms with van der Waals surface area (Å²) in [6, 6.07) is 19.7. The van der Waals surface area contributed by atoms with Crippen molar-refractivity contribution >= 4 is 5.97 Å². The van der Waals surface area contributed by atoms with Gasteiger partial charge in [0.15, 0.2) is 0 Å². The van der Waals surface area contributed by atoms with Gasteiger partial charge in [0, 0.05) is 25.4 Å². The number of carbonyl (C=O) groups is 1. The maximum atomic E-state index is 13.2. The van der Waals surface area contributed by atoms with Crippen LogP contribution in [-0.2, 0) is 21.6 Å². The van der Waals surface area contributed by atoms with E-state index >= 15 is 0 Å². The van der Waals surface area contributed by atoms with E-state index in [0.29, 0.717) is 17.5 Å². The molecule has 0 spiro atoms. The summed E-state index contributed by atoms with van der Waals surface area (Å²) in [5.41, 5.74) is -0.866. The van der Waals surface area contributed by atoms with E-state index in [1.54, 1.807) is 36.7 Å². The molecule has 0 radical (unpaired) electrons. The third-order valence-corrected chi connectivity index (χ3v) is 6.24. The number of hydrogen-bond acceptors (Lipinski definition) is 6. The highest BCUT2D eigenvalue weighted by molar-refractivity contribution is 5.85. The van der Waals surface area contributed by atoms with Crippen molar-refractivity contribution < 1.29 is 14.6 Å².